The number of nitrogen functional groups attached to an aromatic ring is 1. The molecule has 14 heavy (non-hydrogen) atoms. The Morgan fingerprint density at radius 1 is 1.64 bits per heavy atom. The number of nitrogens with two attached hydrogens (primary N) is 1. The number of aromatic nitrogens is 1. The molecular weight excluding hydrogens is 196 g/mol. The molecule has 0 saturated carbocycles. The van der Waals surface area contributed by atoms with E-state index in [-0.39, 0.29) is 16.8 Å². The van der Waals surface area contributed by atoms with Crippen molar-refractivity contribution in [2.45, 2.75) is 13.3 Å². The Balaban J connectivity index is 3.33. The minimum absolute atomic E-state index is 0.00157. The Morgan fingerprint density at radius 3 is 2.64 bits per heavy atom. The average Bonchev–Trinajstić information content (AvgIpc) is 2.08. The summed E-state index contributed by atoms with van der Waals surface area (Å²) in [6.45, 7) is 1.30. The van der Waals surface area contributed by atoms with Crippen molar-refractivity contribution >= 4 is 11.5 Å². The first kappa shape index (κ1) is 10.3. The maximum atomic E-state index is 12.3. The number of pyridine rings is 1. The molecule has 1 aromatic rings. The summed E-state index contributed by atoms with van der Waals surface area (Å²) in [7, 11) is 0. The van der Waals surface area contributed by atoms with Crippen molar-refractivity contribution in [2.24, 2.45) is 0 Å². The first-order valence-electron chi connectivity index (χ1n) is 3.62. The molecule has 0 radical (unpaired) electrons. The monoisotopic (exact) mass is 203 g/mol. The lowest BCUT2D eigenvalue weighted by atomic mass is 10.1. The number of nitrogens with zero attached hydrogens (tertiary/aromatic N) is 2. The van der Waals surface area contributed by atoms with E-state index in [2.05, 4.69) is 4.98 Å². The lowest BCUT2D eigenvalue weighted by Crippen LogP contribution is -2.04. The van der Waals surface area contributed by atoms with Crippen molar-refractivity contribution in [3.8, 4) is 0 Å². The number of anilines is 1. The Bertz CT molecular complexity index is 381. The van der Waals surface area contributed by atoms with Crippen molar-refractivity contribution < 1.29 is 13.7 Å². The largest absolute Gasteiger partial charge is 0.392 e. The summed E-state index contributed by atoms with van der Waals surface area (Å²) in [6.07, 6.45) is -1.96. The zero-order chi connectivity index (χ0) is 10.9. The summed E-state index contributed by atoms with van der Waals surface area (Å²) in [6, 6.07) is 0. The van der Waals surface area contributed by atoms with Crippen molar-refractivity contribution in [3.05, 3.63) is 27.4 Å². The van der Waals surface area contributed by atoms with Crippen LogP contribution in [-0.2, 0) is 0 Å². The fraction of sp³-hybridized carbons (Fsp3) is 0.286. The van der Waals surface area contributed by atoms with Gasteiger partial charge in [0.2, 0.25) is 0 Å². The van der Waals surface area contributed by atoms with E-state index < -0.39 is 17.2 Å². The van der Waals surface area contributed by atoms with E-state index >= 15 is 0 Å². The standard InChI is InChI=1S/C7H7F2N3O2/c1-3-4(6(8)9)2-11-7(5(3)10)12(13)14/h2,6H,10H2,1H3. The van der Waals surface area contributed by atoms with Gasteiger partial charge in [0.15, 0.2) is 0 Å². The molecule has 0 saturated heterocycles. The second-order valence-electron chi connectivity index (χ2n) is 2.63. The van der Waals surface area contributed by atoms with Crippen molar-refractivity contribution in [2.75, 3.05) is 5.73 Å². The Kier molecular flexibility index (Phi) is 2.59. The molecular formula is C7H7F2N3O2. The van der Waals surface area contributed by atoms with E-state index in [1.807, 2.05) is 0 Å². The molecule has 0 amide bonds. The van der Waals surface area contributed by atoms with Gasteiger partial charge in [-0.1, -0.05) is 0 Å². The summed E-state index contributed by atoms with van der Waals surface area (Å²) in [5.41, 5.74) is 4.59. The zero-order valence-corrected chi connectivity index (χ0v) is 7.20. The summed E-state index contributed by atoms with van der Waals surface area (Å²) in [5, 5.41) is 10.3. The molecule has 76 valence electrons. The third-order valence-corrected chi connectivity index (χ3v) is 1.81. The van der Waals surface area contributed by atoms with E-state index in [0.717, 1.165) is 6.20 Å². The van der Waals surface area contributed by atoms with Gasteiger partial charge in [0.05, 0.1) is 5.56 Å². The summed E-state index contributed by atoms with van der Waals surface area (Å²) < 4.78 is 24.6. The second-order valence-corrected chi connectivity index (χ2v) is 2.63. The minimum atomic E-state index is -2.73. The van der Waals surface area contributed by atoms with Crippen LogP contribution >= 0.6 is 0 Å². The van der Waals surface area contributed by atoms with E-state index in [1.54, 1.807) is 0 Å². The van der Waals surface area contributed by atoms with Gasteiger partial charge in [0.25, 0.3) is 6.43 Å². The zero-order valence-electron chi connectivity index (χ0n) is 7.20. The molecule has 7 heteroatoms. The molecule has 0 aliphatic carbocycles. The molecule has 5 nitrogen and oxygen atoms in total. The lowest BCUT2D eigenvalue weighted by molar-refractivity contribution is -0.388. The predicted octanol–water partition coefficient (Wildman–Crippen LogP) is 1.82. The first-order valence-corrected chi connectivity index (χ1v) is 3.62. The molecule has 0 unspecified atom stereocenters. The summed E-state index contributed by atoms with van der Waals surface area (Å²) >= 11 is 0. The molecule has 0 aliphatic heterocycles. The van der Waals surface area contributed by atoms with Gasteiger partial charge < -0.3 is 15.8 Å². The van der Waals surface area contributed by atoms with Gasteiger partial charge in [0.1, 0.15) is 11.9 Å². The van der Waals surface area contributed by atoms with Crippen molar-refractivity contribution in [1.29, 1.82) is 0 Å². The number of nitro groups is 1. The van der Waals surface area contributed by atoms with E-state index in [9.17, 15) is 18.9 Å². The molecule has 1 rings (SSSR count). The molecule has 2 N–H and O–H groups in total. The van der Waals surface area contributed by atoms with Crippen molar-refractivity contribution in [1.82, 2.24) is 4.98 Å². The number of alkyl halides is 2. The number of hydrogen-bond acceptors (Lipinski definition) is 4. The van der Waals surface area contributed by atoms with Gasteiger partial charge >= 0.3 is 5.82 Å². The number of hydrogen-bond donors (Lipinski definition) is 1. The molecule has 0 aromatic carbocycles. The summed E-state index contributed by atoms with van der Waals surface area (Å²) in [5.74, 6) is -0.591. The Labute approximate surface area is 77.7 Å². The van der Waals surface area contributed by atoms with E-state index in [1.165, 1.54) is 6.92 Å². The minimum Gasteiger partial charge on any atom is -0.392 e. The van der Waals surface area contributed by atoms with Crippen LogP contribution in [0.2, 0.25) is 0 Å². The van der Waals surface area contributed by atoms with Gasteiger partial charge in [-0.15, -0.1) is 0 Å². The van der Waals surface area contributed by atoms with Crippen LogP contribution in [0.3, 0.4) is 0 Å². The quantitative estimate of drug-likeness (QED) is 0.587. The van der Waals surface area contributed by atoms with Crippen LogP contribution in [0.5, 0.6) is 0 Å². The maximum absolute atomic E-state index is 12.3. The average molecular weight is 203 g/mol. The highest BCUT2D eigenvalue weighted by molar-refractivity contribution is 5.60. The van der Waals surface area contributed by atoms with Crippen LogP contribution < -0.4 is 5.73 Å². The van der Waals surface area contributed by atoms with Gasteiger partial charge in [0, 0.05) is 0 Å². The predicted molar refractivity (Wildman–Crippen MR) is 45.0 cm³/mol. The van der Waals surface area contributed by atoms with Crippen LogP contribution in [0.4, 0.5) is 20.3 Å². The third-order valence-electron chi connectivity index (χ3n) is 1.81. The van der Waals surface area contributed by atoms with Crippen LogP contribution in [0.15, 0.2) is 6.20 Å². The topological polar surface area (TPSA) is 82.0 Å². The molecule has 0 bridgehead atoms. The Morgan fingerprint density at radius 2 is 2.21 bits per heavy atom. The normalized spacial score (nSPS) is 10.6. The van der Waals surface area contributed by atoms with Gasteiger partial charge in [-0.3, -0.25) is 0 Å². The second kappa shape index (κ2) is 3.52. The van der Waals surface area contributed by atoms with Crippen LogP contribution in [0, 0.1) is 17.0 Å². The van der Waals surface area contributed by atoms with Crippen LogP contribution in [0.25, 0.3) is 0 Å². The molecule has 0 atom stereocenters. The van der Waals surface area contributed by atoms with Gasteiger partial charge in [-0.05, 0) is 22.4 Å². The highest BCUT2D eigenvalue weighted by Crippen LogP contribution is 2.30. The summed E-state index contributed by atoms with van der Waals surface area (Å²) in [4.78, 5) is 12.8. The fourth-order valence-electron chi connectivity index (χ4n) is 0.986. The number of rotatable bonds is 2. The van der Waals surface area contributed by atoms with Gasteiger partial charge in [-0.25, -0.2) is 8.78 Å². The maximum Gasteiger partial charge on any atom is 0.387 e. The fourth-order valence-corrected chi connectivity index (χ4v) is 0.986. The van der Waals surface area contributed by atoms with Crippen LogP contribution in [0.1, 0.15) is 17.6 Å². The SMILES string of the molecule is Cc1c(C(F)F)cnc([N+](=O)[O-])c1N. The highest BCUT2D eigenvalue weighted by atomic mass is 19.3. The van der Waals surface area contributed by atoms with E-state index in [4.69, 9.17) is 5.73 Å². The first-order chi connectivity index (χ1) is 6.45. The molecule has 1 heterocycles. The molecule has 0 fully saturated rings. The molecule has 0 aliphatic rings. The third kappa shape index (κ3) is 1.61. The lowest BCUT2D eigenvalue weighted by Gasteiger charge is -2.05. The van der Waals surface area contributed by atoms with Gasteiger partial charge in [-0.2, -0.15) is 0 Å². The molecule has 0 spiro atoms. The highest BCUT2D eigenvalue weighted by Gasteiger charge is 2.22. The smallest absolute Gasteiger partial charge is 0.387 e. The van der Waals surface area contributed by atoms with E-state index in [0.29, 0.717) is 0 Å². The Hall–Kier alpha value is -1.79. The van der Waals surface area contributed by atoms with Crippen molar-refractivity contribution in [3.63, 3.8) is 0 Å². The van der Waals surface area contributed by atoms with Crippen LogP contribution in [-0.4, -0.2) is 9.91 Å². The number of halogens is 2. The molecule has 1 aromatic heterocycles.